The van der Waals surface area contributed by atoms with E-state index in [1.807, 2.05) is 37.3 Å². The lowest BCUT2D eigenvalue weighted by atomic mass is 10.0. The quantitative estimate of drug-likeness (QED) is 0.641. The summed E-state index contributed by atoms with van der Waals surface area (Å²) in [4.78, 5) is 25.8. The number of hydrogen-bond acceptors (Lipinski definition) is 6. The minimum Gasteiger partial charge on any atom is -0.466 e. The number of benzene rings is 2. The van der Waals surface area contributed by atoms with Gasteiger partial charge in [0.25, 0.3) is 0 Å². The molecular weight excluding hydrogens is 386 g/mol. The smallest absolute Gasteiger partial charge is 0.306 e. The summed E-state index contributed by atoms with van der Waals surface area (Å²) in [6, 6.07) is 14.0. The van der Waals surface area contributed by atoms with Crippen molar-refractivity contribution in [2.75, 3.05) is 6.61 Å². The van der Waals surface area contributed by atoms with Gasteiger partial charge < -0.3 is 9.47 Å². The van der Waals surface area contributed by atoms with Crippen molar-refractivity contribution in [2.24, 2.45) is 0 Å². The first-order valence-electron chi connectivity index (χ1n) is 9.69. The third-order valence-corrected chi connectivity index (χ3v) is 6.09. The molecule has 0 aliphatic carbocycles. The molecule has 1 atom stereocenters. The number of carbonyl (C=O) groups is 2. The standard InChI is InChI=1S/C23H23NO4S/c1-3-27-21(25)11-12-22(26)28-15(2)19-6-4-5-18-10-9-17-8-7-16(14-24)13-20(17)29-23(18)19/h4-8,13,15H,3,9-12H2,1-2H3. The average Bonchev–Trinajstić information content (AvgIpc) is 2.90. The molecule has 2 aromatic rings. The van der Waals surface area contributed by atoms with Gasteiger partial charge in [-0.15, -0.1) is 0 Å². The van der Waals surface area contributed by atoms with E-state index < -0.39 is 18.0 Å². The van der Waals surface area contributed by atoms with Gasteiger partial charge in [-0.05, 0) is 49.9 Å². The molecule has 1 aliphatic rings. The molecule has 1 heterocycles. The molecule has 0 saturated carbocycles. The van der Waals surface area contributed by atoms with Gasteiger partial charge in [0.05, 0.1) is 31.1 Å². The first-order valence-corrected chi connectivity index (χ1v) is 10.5. The van der Waals surface area contributed by atoms with E-state index in [2.05, 4.69) is 12.1 Å². The number of nitrogens with zero attached hydrogens (tertiary/aromatic N) is 1. The lowest BCUT2D eigenvalue weighted by Gasteiger charge is -2.19. The molecule has 0 saturated heterocycles. The number of carbonyl (C=O) groups excluding carboxylic acids is 2. The minimum atomic E-state index is -0.437. The number of nitriles is 1. The Morgan fingerprint density at radius 3 is 2.66 bits per heavy atom. The number of ether oxygens (including phenoxy) is 2. The number of aryl methyl sites for hydroxylation is 2. The highest BCUT2D eigenvalue weighted by Crippen LogP contribution is 2.42. The molecule has 29 heavy (non-hydrogen) atoms. The zero-order valence-electron chi connectivity index (χ0n) is 16.6. The molecule has 3 rings (SSSR count). The first kappa shape index (κ1) is 20.9. The van der Waals surface area contributed by atoms with Gasteiger partial charge >= 0.3 is 11.9 Å². The second-order valence-electron chi connectivity index (χ2n) is 6.81. The van der Waals surface area contributed by atoms with E-state index in [1.165, 1.54) is 11.1 Å². The van der Waals surface area contributed by atoms with E-state index in [1.54, 1.807) is 18.7 Å². The van der Waals surface area contributed by atoms with E-state index in [-0.39, 0.29) is 12.8 Å². The van der Waals surface area contributed by atoms with E-state index in [0.29, 0.717) is 12.2 Å². The van der Waals surface area contributed by atoms with Crippen LogP contribution in [0.2, 0.25) is 0 Å². The van der Waals surface area contributed by atoms with Crippen molar-refractivity contribution in [3.05, 3.63) is 58.7 Å². The number of esters is 2. The van der Waals surface area contributed by atoms with Gasteiger partial charge in [-0.25, -0.2) is 0 Å². The highest BCUT2D eigenvalue weighted by Gasteiger charge is 2.22. The summed E-state index contributed by atoms with van der Waals surface area (Å²) in [6.07, 6.45) is 1.37. The predicted molar refractivity (Wildman–Crippen MR) is 110 cm³/mol. The molecule has 0 amide bonds. The second-order valence-corrected chi connectivity index (χ2v) is 7.86. The number of fused-ring (bicyclic) bond motifs is 2. The van der Waals surface area contributed by atoms with Gasteiger partial charge in [0, 0.05) is 15.4 Å². The highest BCUT2D eigenvalue weighted by atomic mass is 32.2. The van der Waals surface area contributed by atoms with Crippen LogP contribution in [0.4, 0.5) is 0 Å². The molecular formula is C23H23NO4S. The van der Waals surface area contributed by atoms with Gasteiger partial charge in [0.15, 0.2) is 0 Å². The fourth-order valence-electron chi connectivity index (χ4n) is 3.31. The van der Waals surface area contributed by atoms with Gasteiger partial charge in [-0.3, -0.25) is 9.59 Å². The minimum absolute atomic E-state index is 0.000295. The van der Waals surface area contributed by atoms with Crippen LogP contribution in [0.15, 0.2) is 46.2 Å². The van der Waals surface area contributed by atoms with Crippen LogP contribution in [0.1, 0.15) is 55.0 Å². The summed E-state index contributed by atoms with van der Waals surface area (Å²) in [7, 11) is 0. The molecule has 6 heteroatoms. The lowest BCUT2D eigenvalue weighted by molar-refractivity contribution is -0.153. The fourth-order valence-corrected chi connectivity index (χ4v) is 4.67. The van der Waals surface area contributed by atoms with Crippen LogP contribution in [-0.4, -0.2) is 18.5 Å². The lowest BCUT2D eigenvalue weighted by Crippen LogP contribution is -2.13. The van der Waals surface area contributed by atoms with Crippen molar-refractivity contribution in [3.63, 3.8) is 0 Å². The Kier molecular flexibility index (Phi) is 6.95. The molecule has 1 unspecified atom stereocenters. The maximum absolute atomic E-state index is 12.2. The van der Waals surface area contributed by atoms with Crippen LogP contribution in [0, 0.1) is 11.3 Å². The second kappa shape index (κ2) is 9.62. The van der Waals surface area contributed by atoms with Crippen molar-refractivity contribution in [3.8, 4) is 6.07 Å². The summed E-state index contributed by atoms with van der Waals surface area (Å²) >= 11 is 1.62. The zero-order chi connectivity index (χ0) is 20.8. The number of hydrogen-bond donors (Lipinski definition) is 0. The molecule has 5 nitrogen and oxygen atoms in total. The molecule has 0 radical (unpaired) electrons. The fraction of sp³-hybridized carbons (Fsp3) is 0.348. The Labute approximate surface area is 175 Å². The summed E-state index contributed by atoms with van der Waals surface area (Å²) < 4.78 is 10.4. The Hall–Kier alpha value is -2.78. The van der Waals surface area contributed by atoms with E-state index in [0.717, 1.165) is 28.2 Å². The van der Waals surface area contributed by atoms with Crippen molar-refractivity contribution < 1.29 is 19.1 Å². The first-order chi connectivity index (χ1) is 14.0. The van der Waals surface area contributed by atoms with Gasteiger partial charge in [-0.1, -0.05) is 36.0 Å². The molecule has 2 aromatic carbocycles. The summed E-state index contributed by atoms with van der Waals surface area (Å²) in [6.45, 7) is 3.87. The average molecular weight is 410 g/mol. The molecule has 0 N–H and O–H groups in total. The normalized spacial score (nSPS) is 13.3. The maximum Gasteiger partial charge on any atom is 0.306 e. The van der Waals surface area contributed by atoms with Gasteiger partial charge in [-0.2, -0.15) is 5.26 Å². The third kappa shape index (κ3) is 5.18. The van der Waals surface area contributed by atoms with Crippen LogP contribution in [0.25, 0.3) is 0 Å². The molecule has 0 fully saturated rings. The third-order valence-electron chi connectivity index (χ3n) is 4.78. The van der Waals surface area contributed by atoms with E-state index in [4.69, 9.17) is 9.47 Å². The largest absolute Gasteiger partial charge is 0.466 e. The van der Waals surface area contributed by atoms with Crippen molar-refractivity contribution in [1.82, 2.24) is 0 Å². The SMILES string of the molecule is CCOC(=O)CCC(=O)OC(C)c1cccc2c1Sc1cc(C#N)ccc1CC2. The van der Waals surface area contributed by atoms with Crippen LogP contribution >= 0.6 is 11.8 Å². The highest BCUT2D eigenvalue weighted by molar-refractivity contribution is 7.99. The van der Waals surface area contributed by atoms with Crippen molar-refractivity contribution in [1.29, 1.82) is 5.26 Å². The Balaban J connectivity index is 1.77. The maximum atomic E-state index is 12.2. The van der Waals surface area contributed by atoms with E-state index in [9.17, 15) is 14.9 Å². The molecule has 0 spiro atoms. The van der Waals surface area contributed by atoms with Crippen LogP contribution < -0.4 is 0 Å². The monoisotopic (exact) mass is 409 g/mol. The Bertz CT molecular complexity index is 964. The van der Waals surface area contributed by atoms with Gasteiger partial charge in [0.2, 0.25) is 0 Å². The number of rotatable bonds is 6. The molecule has 0 aromatic heterocycles. The summed E-state index contributed by atoms with van der Waals surface area (Å²) in [5, 5.41) is 9.22. The van der Waals surface area contributed by atoms with Gasteiger partial charge in [0.1, 0.15) is 6.10 Å². The van der Waals surface area contributed by atoms with Crippen LogP contribution in [0.3, 0.4) is 0 Å². The topological polar surface area (TPSA) is 76.4 Å². The van der Waals surface area contributed by atoms with Crippen LogP contribution in [0.5, 0.6) is 0 Å². The zero-order valence-corrected chi connectivity index (χ0v) is 17.4. The molecule has 150 valence electrons. The predicted octanol–water partition coefficient (Wildman–Crippen LogP) is 4.76. The Morgan fingerprint density at radius 1 is 1.14 bits per heavy atom. The molecule has 0 bridgehead atoms. The summed E-state index contributed by atoms with van der Waals surface area (Å²) in [5.41, 5.74) is 4.00. The molecule has 1 aliphatic heterocycles. The van der Waals surface area contributed by atoms with Crippen molar-refractivity contribution >= 4 is 23.7 Å². The summed E-state index contributed by atoms with van der Waals surface area (Å²) in [5.74, 6) is -0.819. The Morgan fingerprint density at radius 2 is 1.90 bits per heavy atom. The van der Waals surface area contributed by atoms with E-state index >= 15 is 0 Å². The van der Waals surface area contributed by atoms with Crippen LogP contribution in [-0.2, 0) is 31.9 Å². The van der Waals surface area contributed by atoms with Crippen molar-refractivity contribution in [2.45, 2.75) is 55.4 Å².